The third kappa shape index (κ3) is 4.38. The number of esters is 1. The molecule has 35 heavy (non-hydrogen) atoms. The van der Waals surface area contributed by atoms with E-state index in [1.165, 1.54) is 0 Å². The number of cyclic esters (lactones) is 1. The van der Waals surface area contributed by atoms with Gasteiger partial charge < -0.3 is 19.7 Å². The lowest BCUT2D eigenvalue weighted by molar-refractivity contribution is 0.0252. The first-order chi connectivity index (χ1) is 17.1. The van der Waals surface area contributed by atoms with Gasteiger partial charge in [0.1, 0.15) is 6.10 Å². The van der Waals surface area contributed by atoms with Crippen LogP contribution >= 0.6 is 11.3 Å². The fourth-order valence-corrected chi connectivity index (χ4v) is 5.53. The Kier molecular flexibility index (Phi) is 5.67. The van der Waals surface area contributed by atoms with Gasteiger partial charge in [-0.1, -0.05) is 41.7 Å². The number of hydrogen-bond acceptors (Lipinski definition) is 7. The second-order valence-corrected chi connectivity index (χ2v) is 9.62. The van der Waals surface area contributed by atoms with Crippen molar-refractivity contribution in [2.75, 3.05) is 36.5 Å². The topological polar surface area (TPSA) is 80.8 Å². The second kappa shape index (κ2) is 9.13. The highest BCUT2D eigenvalue weighted by Crippen LogP contribution is 2.33. The highest BCUT2D eigenvalue weighted by atomic mass is 32.1. The third-order valence-corrected chi connectivity index (χ3v) is 7.41. The number of benzene rings is 3. The number of carbonyl (C=O) groups excluding carboxylic acids is 2. The molecule has 1 aromatic heterocycles. The predicted molar refractivity (Wildman–Crippen MR) is 135 cm³/mol. The maximum absolute atomic E-state index is 13.1. The maximum atomic E-state index is 13.1. The van der Waals surface area contributed by atoms with Gasteiger partial charge in [0.2, 0.25) is 0 Å². The molecule has 1 atom stereocenters. The second-order valence-electron chi connectivity index (χ2n) is 8.61. The number of aromatic nitrogens is 1. The highest BCUT2D eigenvalue weighted by Gasteiger charge is 2.28. The van der Waals surface area contributed by atoms with Crippen LogP contribution < -0.4 is 10.2 Å². The summed E-state index contributed by atoms with van der Waals surface area (Å²) >= 11 is 1.61. The number of morpholine rings is 1. The zero-order valence-electron chi connectivity index (χ0n) is 18.9. The number of carbonyl (C=O) groups is 2. The molecule has 1 unspecified atom stereocenters. The molecule has 0 radical (unpaired) electrons. The minimum Gasteiger partial charge on any atom is -0.454 e. The summed E-state index contributed by atoms with van der Waals surface area (Å²) < 4.78 is 12.1. The molecule has 2 aliphatic heterocycles. The van der Waals surface area contributed by atoms with Gasteiger partial charge in [0, 0.05) is 30.8 Å². The van der Waals surface area contributed by atoms with Crippen molar-refractivity contribution in [1.82, 2.24) is 4.98 Å². The highest BCUT2D eigenvalue weighted by molar-refractivity contribution is 7.22. The number of amides is 1. The molecule has 1 saturated heterocycles. The van der Waals surface area contributed by atoms with Crippen LogP contribution in [0.1, 0.15) is 37.9 Å². The summed E-state index contributed by atoms with van der Waals surface area (Å²) in [5, 5.41) is 3.96. The van der Waals surface area contributed by atoms with Crippen LogP contribution in [-0.2, 0) is 15.9 Å². The normalized spacial score (nSPS) is 17.7. The quantitative estimate of drug-likeness (QED) is 0.417. The minimum atomic E-state index is -0.362. The maximum Gasteiger partial charge on any atom is 0.339 e. The van der Waals surface area contributed by atoms with E-state index in [-0.39, 0.29) is 18.0 Å². The Morgan fingerprint density at radius 3 is 2.69 bits per heavy atom. The number of nitrogens with zero attached hydrogens (tertiary/aromatic N) is 2. The van der Waals surface area contributed by atoms with E-state index >= 15 is 0 Å². The molecule has 6 rings (SSSR count). The van der Waals surface area contributed by atoms with E-state index in [9.17, 15) is 9.59 Å². The fourth-order valence-electron chi connectivity index (χ4n) is 4.47. The van der Waals surface area contributed by atoms with E-state index in [1.807, 2.05) is 48.5 Å². The number of fused-ring (bicyclic) bond motifs is 2. The Bertz CT molecular complexity index is 1410. The van der Waals surface area contributed by atoms with Gasteiger partial charge in [0.15, 0.2) is 5.13 Å². The van der Waals surface area contributed by atoms with Gasteiger partial charge in [-0.05, 0) is 47.5 Å². The van der Waals surface area contributed by atoms with E-state index in [1.54, 1.807) is 29.5 Å². The predicted octanol–water partition coefficient (Wildman–Crippen LogP) is 4.84. The van der Waals surface area contributed by atoms with E-state index < -0.39 is 0 Å². The number of nitrogens with one attached hydrogen (secondary N) is 1. The van der Waals surface area contributed by atoms with Gasteiger partial charge in [-0.25, -0.2) is 9.78 Å². The monoisotopic (exact) mass is 485 g/mol. The lowest BCUT2D eigenvalue weighted by Crippen LogP contribution is -2.36. The summed E-state index contributed by atoms with van der Waals surface area (Å²) in [6.07, 6.45) is 0.174. The van der Waals surface area contributed by atoms with E-state index in [0.29, 0.717) is 36.4 Å². The van der Waals surface area contributed by atoms with Crippen molar-refractivity contribution in [3.63, 3.8) is 0 Å². The summed E-state index contributed by atoms with van der Waals surface area (Å²) in [6.45, 7) is 3.09. The molecule has 0 saturated carbocycles. The van der Waals surface area contributed by atoms with Crippen LogP contribution in [0.4, 0.5) is 10.8 Å². The average Bonchev–Trinajstić information content (AvgIpc) is 3.33. The molecular formula is C27H23N3O4S. The van der Waals surface area contributed by atoms with Crippen LogP contribution in [-0.4, -0.2) is 43.2 Å². The van der Waals surface area contributed by atoms with Crippen molar-refractivity contribution >= 4 is 44.2 Å². The number of rotatable bonds is 4. The first kappa shape index (κ1) is 21.8. The van der Waals surface area contributed by atoms with E-state index in [0.717, 1.165) is 39.6 Å². The van der Waals surface area contributed by atoms with Crippen LogP contribution in [0.3, 0.4) is 0 Å². The summed E-state index contributed by atoms with van der Waals surface area (Å²) in [5.41, 5.74) is 4.39. The van der Waals surface area contributed by atoms with E-state index in [2.05, 4.69) is 10.2 Å². The van der Waals surface area contributed by atoms with Crippen LogP contribution in [0.15, 0.2) is 66.7 Å². The molecule has 1 amide bonds. The van der Waals surface area contributed by atoms with Gasteiger partial charge in [0.25, 0.3) is 5.91 Å². The molecule has 1 fully saturated rings. The molecule has 8 heteroatoms. The lowest BCUT2D eigenvalue weighted by Gasteiger charge is -2.25. The van der Waals surface area contributed by atoms with Gasteiger partial charge >= 0.3 is 5.97 Å². The van der Waals surface area contributed by atoms with Gasteiger partial charge in [0.05, 0.1) is 29.0 Å². The SMILES string of the molecule is O=C(Nc1ccc2nc(N3CCOCC3)sc2c1)c1ccc2c(c1)CC(c1ccccc1)OC2=O. The number of hydrogen-bond donors (Lipinski definition) is 1. The molecule has 2 aliphatic rings. The largest absolute Gasteiger partial charge is 0.454 e. The summed E-state index contributed by atoms with van der Waals surface area (Å²) in [5.74, 6) is -0.584. The molecule has 176 valence electrons. The summed E-state index contributed by atoms with van der Waals surface area (Å²) in [4.78, 5) is 32.6. The van der Waals surface area contributed by atoms with Crippen molar-refractivity contribution in [2.45, 2.75) is 12.5 Å². The van der Waals surface area contributed by atoms with Gasteiger partial charge in [-0.3, -0.25) is 4.79 Å². The Labute approximate surface area is 206 Å². The van der Waals surface area contributed by atoms with Gasteiger partial charge in [-0.15, -0.1) is 0 Å². The Morgan fingerprint density at radius 1 is 1.03 bits per heavy atom. The van der Waals surface area contributed by atoms with Crippen molar-refractivity contribution in [3.05, 3.63) is 89.0 Å². The smallest absolute Gasteiger partial charge is 0.339 e. The Morgan fingerprint density at radius 2 is 1.86 bits per heavy atom. The fraction of sp³-hybridized carbons (Fsp3) is 0.222. The first-order valence-corrected chi connectivity index (χ1v) is 12.4. The van der Waals surface area contributed by atoms with Gasteiger partial charge in [-0.2, -0.15) is 0 Å². The van der Waals surface area contributed by atoms with Crippen LogP contribution in [0, 0.1) is 0 Å². The molecule has 3 aromatic carbocycles. The molecule has 0 bridgehead atoms. The average molecular weight is 486 g/mol. The first-order valence-electron chi connectivity index (χ1n) is 11.6. The Balaban J connectivity index is 1.21. The molecule has 0 aliphatic carbocycles. The van der Waals surface area contributed by atoms with Crippen molar-refractivity contribution in [1.29, 1.82) is 0 Å². The standard InChI is InChI=1S/C27H23N3O4S/c31-25(28-20-7-9-22-24(16-20)35-27(29-22)30-10-12-33-13-11-30)18-6-8-21-19(14-18)15-23(34-26(21)32)17-4-2-1-3-5-17/h1-9,14,16,23H,10-13,15H2,(H,28,31). The molecule has 1 N–H and O–H groups in total. The van der Waals surface area contributed by atoms with Crippen LogP contribution in [0.5, 0.6) is 0 Å². The number of thiazole rings is 1. The van der Waals surface area contributed by atoms with Crippen LogP contribution in [0.2, 0.25) is 0 Å². The van der Waals surface area contributed by atoms with Crippen LogP contribution in [0.25, 0.3) is 10.2 Å². The molecule has 3 heterocycles. The van der Waals surface area contributed by atoms with E-state index in [4.69, 9.17) is 14.5 Å². The zero-order chi connectivity index (χ0) is 23.8. The lowest BCUT2D eigenvalue weighted by atomic mass is 9.93. The zero-order valence-corrected chi connectivity index (χ0v) is 19.7. The molecule has 0 spiro atoms. The minimum absolute atomic E-state index is 0.222. The molecule has 7 nitrogen and oxygen atoms in total. The summed E-state index contributed by atoms with van der Waals surface area (Å²) in [6, 6.07) is 20.5. The number of anilines is 2. The molecular weight excluding hydrogens is 462 g/mol. The Hall–Kier alpha value is -3.75. The third-order valence-electron chi connectivity index (χ3n) is 6.33. The van der Waals surface area contributed by atoms with Crippen molar-refractivity contribution in [2.24, 2.45) is 0 Å². The number of ether oxygens (including phenoxy) is 2. The van der Waals surface area contributed by atoms with Crippen molar-refractivity contribution < 1.29 is 19.1 Å². The summed E-state index contributed by atoms with van der Waals surface area (Å²) in [7, 11) is 0. The van der Waals surface area contributed by atoms with Crippen molar-refractivity contribution in [3.8, 4) is 0 Å². The molecule has 4 aromatic rings.